The number of benzene rings is 2. The van der Waals surface area contributed by atoms with Crippen LogP contribution in [0.2, 0.25) is 0 Å². The van der Waals surface area contributed by atoms with Crippen LogP contribution in [0.1, 0.15) is 44.7 Å². The van der Waals surface area contributed by atoms with Crippen LogP contribution in [-0.4, -0.2) is 57.7 Å². The van der Waals surface area contributed by atoms with Gasteiger partial charge in [-0.3, -0.25) is 4.79 Å². The standard InChI is InChI=1S/C30H34N4O3S/c1-5-6-14-36-26-13-12-23(15-20(26)2)28-24(19-34(32-28)25-10-8-7-9-11-25)16-27-29(35)31-30(38-27)33-17-21(3)37-22(4)18-33/h7-13,15-16,19,21-22H,5-6,14,17-18H2,1-4H3/b27-16+/t21-,22-/m0/s1. The highest BCUT2D eigenvalue weighted by molar-refractivity contribution is 8.18. The zero-order chi connectivity index (χ0) is 26.6. The highest BCUT2D eigenvalue weighted by Crippen LogP contribution is 2.35. The Balaban J connectivity index is 1.47. The summed E-state index contributed by atoms with van der Waals surface area (Å²) < 4.78 is 13.7. The summed E-state index contributed by atoms with van der Waals surface area (Å²) >= 11 is 1.42. The molecule has 2 aliphatic heterocycles. The van der Waals surface area contributed by atoms with E-state index in [4.69, 9.17) is 14.6 Å². The van der Waals surface area contributed by atoms with Gasteiger partial charge in [-0.1, -0.05) is 31.5 Å². The van der Waals surface area contributed by atoms with Gasteiger partial charge in [0, 0.05) is 30.4 Å². The first-order valence-corrected chi connectivity index (χ1v) is 14.0. The van der Waals surface area contributed by atoms with Crippen molar-refractivity contribution in [2.75, 3.05) is 19.7 Å². The Morgan fingerprint density at radius 2 is 1.89 bits per heavy atom. The molecule has 0 bridgehead atoms. The maximum Gasteiger partial charge on any atom is 0.286 e. The number of rotatable bonds is 7. The Hall–Kier alpha value is -3.36. The molecule has 2 aromatic carbocycles. The van der Waals surface area contributed by atoms with Gasteiger partial charge in [-0.2, -0.15) is 10.1 Å². The number of aliphatic imine (C=N–C) groups is 1. The van der Waals surface area contributed by atoms with Crippen LogP contribution in [0.4, 0.5) is 0 Å². The molecular weight excluding hydrogens is 496 g/mol. The molecule has 0 spiro atoms. The van der Waals surface area contributed by atoms with E-state index in [2.05, 4.69) is 29.8 Å². The van der Waals surface area contributed by atoms with Crippen molar-refractivity contribution in [1.82, 2.24) is 14.7 Å². The second-order valence-electron chi connectivity index (χ2n) is 9.87. The number of amidine groups is 1. The first-order chi connectivity index (χ1) is 18.4. The fraction of sp³-hybridized carbons (Fsp3) is 0.367. The lowest BCUT2D eigenvalue weighted by Crippen LogP contribution is -2.47. The van der Waals surface area contributed by atoms with Gasteiger partial charge in [-0.05, 0) is 80.9 Å². The molecule has 198 valence electrons. The minimum absolute atomic E-state index is 0.0954. The number of unbranched alkanes of at least 4 members (excludes halogenated alkanes) is 1. The topological polar surface area (TPSA) is 68.9 Å². The van der Waals surface area contributed by atoms with Gasteiger partial charge in [-0.25, -0.2) is 4.68 Å². The third kappa shape index (κ3) is 5.87. The number of aryl methyl sites for hydroxylation is 1. The lowest BCUT2D eigenvalue weighted by atomic mass is 10.0. The van der Waals surface area contributed by atoms with Gasteiger partial charge in [0.2, 0.25) is 0 Å². The molecule has 0 radical (unpaired) electrons. The molecule has 2 atom stereocenters. The lowest BCUT2D eigenvalue weighted by Gasteiger charge is -2.35. The van der Waals surface area contributed by atoms with Crippen molar-refractivity contribution in [1.29, 1.82) is 0 Å². The van der Waals surface area contributed by atoms with Gasteiger partial charge in [0.15, 0.2) is 5.17 Å². The van der Waals surface area contributed by atoms with Gasteiger partial charge >= 0.3 is 0 Å². The summed E-state index contributed by atoms with van der Waals surface area (Å²) in [6, 6.07) is 16.1. The average Bonchev–Trinajstić information content (AvgIpc) is 3.49. The van der Waals surface area contributed by atoms with Gasteiger partial charge in [0.25, 0.3) is 5.91 Å². The molecule has 0 N–H and O–H groups in total. The molecule has 2 aliphatic rings. The van der Waals surface area contributed by atoms with Crippen molar-refractivity contribution < 1.29 is 14.3 Å². The average molecular weight is 531 g/mol. The van der Waals surface area contributed by atoms with Crippen LogP contribution in [0.5, 0.6) is 5.75 Å². The summed E-state index contributed by atoms with van der Waals surface area (Å²) in [5.41, 5.74) is 4.65. The molecule has 8 heteroatoms. The number of morpholine rings is 1. The molecule has 1 fully saturated rings. The van der Waals surface area contributed by atoms with Crippen molar-refractivity contribution in [3.63, 3.8) is 0 Å². The molecule has 0 unspecified atom stereocenters. The number of hydrogen-bond acceptors (Lipinski definition) is 6. The van der Waals surface area contributed by atoms with E-state index in [1.54, 1.807) is 0 Å². The molecular formula is C30H34N4O3S. The van der Waals surface area contributed by atoms with E-state index in [0.717, 1.165) is 64.9 Å². The molecule has 0 saturated carbocycles. The summed E-state index contributed by atoms with van der Waals surface area (Å²) in [6.45, 7) is 10.5. The van der Waals surface area contributed by atoms with E-state index < -0.39 is 0 Å². The second kappa shape index (κ2) is 11.6. The largest absolute Gasteiger partial charge is 0.493 e. The Bertz CT molecular complexity index is 1360. The van der Waals surface area contributed by atoms with Crippen LogP contribution >= 0.6 is 11.8 Å². The van der Waals surface area contributed by atoms with Crippen molar-refractivity contribution in [2.45, 2.75) is 52.7 Å². The van der Waals surface area contributed by atoms with Crippen molar-refractivity contribution in [3.05, 3.63) is 70.8 Å². The number of aromatic nitrogens is 2. The number of amides is 1. The van der Waals surface area contributed by atoms with E-state index in [9.17, 15) is 4.79 Å². The van der Waals surface area contributed by atoms with Gasteiger partial charge in [0.1, 0.15) is 11.4 Å². The van der Waals surface area contributed by atoms with Gasteiger partial charge < -0.3 is 14.4 Å². The fourth-order valence-corrected chi connectivity index (χ4v) is 5.65. The van der Waals surface area contributed by atoms with Crippen LogP contribution in [0.25, 0.3) is 23.0 Å². The first kappa shape index (κ1) is 26.3. The maximum absolute atomic E-state index is 13.0. The summed E-state index contributed by atoms with van der Waals surface area (Å²) in [6.07, 6.45) is 6.20. The number of thioether (sulfide) groups is 1. The number of hydrogen-bond donors (Lipinski definition) is 0. The van der Waals surface area contributed by atoms with E-state index in [1.807, 2.05) is 73.3 Å². The number of carbonyl (C=O) groups is 1. The zero-order valence-electron chi connectivity index (χ0n) is 22.4. The molecule has 5 rings (SSSR count). The molecule has 38 heavy (non-hydrogen) atoms. The quantitative estimate of drug-likeness (QED) is 0.271. The monoisotopic (exact) mass is 530 g/mol. The highest BCUT2D eigenvalue weighted by Gasteiger charge is 2.31. The van der Waals surface area contributed by atoms with E-state index >= 15 is 0 Å². The maximum atomic E-state index is 13.0. The summed E-state index contributed by atoms with van der Waals surface area (Å²) in [4.78, 5) is 20.1. The molecule has 3 aromatic rings. The van der Waals surface area contributed by atoms with Crippen LogP contribution in [0.3, 0.4) is 0 Å². The van der Waals surface area contributed by atoms with E-state index in [0.29, 0.717) is 11.5 Å². The van der Waals surface area contributed by atoms with Crippen LogP contribution in [0.15, 0.2) is 64.6 Å². The van der Waals surface area contributed by atoms with Gasteiger partial charge in [-0.15, -0.1) is 0 Å². The minimum atomic E-state index is -0.217. The normalized spacial score (nSPS) is 20.7. The summed E-state index contributed by atoms with van der Waals surface area (Å²) in [5.74, 6) is 0.671. The Morgan fingerprint density at radius 3 is 2.61 bits per heavy atom. The Labute approximate surface area is 228 Å². The van der Waals surface area contributed by atoms with Crippen LogP contribution < -0.4 is 4.74 Å². The Morgan fingerprint density at radius 1 is 1.13 bits per heavy atom. The third-order valence-corrected chi connectivity index (χ3v) is 7.60. The summed E-state index contributed by atoms with van der Waals surface area (Å²) in [5, 5.41) is 5.68. The first-order valence-electron chi connectivity index (χ1n) is 13.2. The number of nitrogens with zero attached hydrogens (tertiary/aromatic N) is 4. The van der Waals surface area contributed by atoms with Crippen LogP contribution in [-0.2, 0) is 9.53 Å². The smallest absolute Gasteiger partial charge is 0.286 e. The molecule has 1 amide bonds. The third-order valence-electron chi connectivity index (χ3n) is 6.55. The number of carbonyl (C=O) groups excluding carboxylic acids is 1. The highest BCUT2D eigenvalue weighted by atomic mass is 32.2. The van der Waals surface area contributed by atoms with Crippen molar-refractivity contribution in [3.8, 4) is 22.7 Å². The molecule has 1 saturated heterocycles. The second-order valence-corrected chi connectivity index (χ2v) is 10.9. The van der Waals surface area contributed by atoms with E-state index in [-0.39, 0.29) is 18.1 Å². The van der Waals surface area contributed by atoms with Gasteiger partial charge in [0.05, 0.1) is 29.4 Å². The molecule has 0 aliphatic carbocycles. The predicted octanol–water partition coefficient (Wildman–Crippen LogP) is 6.11. The zero-order valence-corrected chi connectivity index (χ0v) is 23.2. The van der Waals surface area contributed by atoms with Crippen LogP contribution in [0, 0.1) is 6.92 Å². The summed E-state index contributed by atoms with van der Waals surface area (Å²) in [7, 11) is 0. The number of ether oxygens (including phenoxy) is 2. The predicted molar refractivity (Wildman–Crippen MR) is 154 cm³/mol. The lowest BCUT2D eigenvalue weighted by molar-refractivity contribution is -0.113. The Kier molecular flexibility index (Phi) is 8.00. The molecule has 1 aromatic heterocycles. The van der Waals surface area contributed by atoms with Crippen molar-refractivity contribution >= 4 is 28.9 Å². The fourth-order valence-electron chi connectivity index (χ4n) is 4.72. The minimum Gasteiger partial charge on any atom is -0.493 e. The number of para-hydroxylation sites is 1. The SMILES string of the molecule is CCCCOc1ccc(-c2nn(-c3ccccc3)cc2/C=C2/SC(N3C[C@H](C)O[C@@H](C)C3)=NC2=O)cc1C. The van der Waals surface area contributed by atoms with E-state index in [1.165, 1.54) is 11.8 Å². The molecule has 7 nitrogen and oxygen atoms in total. The molecule has 3 heterocycles. The van der Waals surface area contributed by atoms with Crippen molar-refractivity contribution in [2.24, 2.45) is 4.99 Å².